The highest BCUT2D eigenvalue weighted by Gasteiger charge is 2.29. The second kappa shape index (κ2) is 7.57. The molecule has 0 bridgehead atoms. The van der Waals surface area contributed by atoms with Crippen molar-refractivity contribution >= 4 is 5.95 Å². The summed E-state index contributed by atoms with van der Waals surface area (Å²) in [4.78, 5) is 20.0. The molecule has 1 atom stereocenters. The van der Waals surface area contributed by atoms with Crippen molar-refractivity contribution in [3.63, 3.8) is 0 Å². The van der Waals surface area contributed by atoms with Gasteiger partial charge in [-0.15, -0.1) is 0 Å². The van der Waals surface area contributed by atoms with Gasteiger partial charge in [-0.3, -0.25) is 4.57 Å². The maximum atomic E-state index is 10.2. The van der Waals surface area contributed by atoms with E-state index in [9.17, 15) is 10.2 Å². The number of benzene rings is 2. The first kappa shape index (κ1) is 18.3. The molecular formula is C22H20N6O2. The highest BCUT2D eigenvalue weighted by atomic mass is 16.3. The molecular weight excluding hydrogens is 380 g/mol. The summed E-state index contributed by atoms with van der Waals surface area (Å²) in [5.74, 6) is 1.47. The first-order chi connectivity index (χ1) is 14.7. The van der Waals surface area contributed by atoms with Gasteiger partial charge in [0.1, 0.15) is 12.1 Å². The van der Waals surface area contributed by atoms with E-state index in [0.29, 0.717) is 29.8 Å². The molecule has 1 aliphatic heterocycles. The number of aliphatic hydroxyl groups excluding tert-OH is 1. The Bertz CT molecular complexity index is 1180. The molecule has 8 nitrogen and oxygen atoms in total. The summed E-state index contributed by atoms with van der Waals surface area (Å²) in [6.07, 6.45) is 5.88. The van der Waals surface area contributed by atoms with E-state index in [-0.39, 0.29) is 18.4 Å². The van der Waals surface area contributed by atoms with Gasteiger partial charge in [0.05, 0.1) is 12.6 Å². The number of phenols is 1. The van der Waals surface area contributed by atoms with Crippen LogP contribution in [0.3, 0.4) is 0 Å². The molecule has 2 aromatic heterocycles. The lowest BCUT2D eigenvalue weighted by Crippen LogP contribution is -2.38. The Morgan fingerprint density at radius 3 is 2.67 bits per heavy atom. The van der Waals surface area contributed by atoms with Gasteiger partial charge < -0.3 is 15.1 Å². The molecule has 0 aliphatic carbocycles. The zero-order chi connectivity index (χ0) is 20.5. The lowest BCUT2D eigenvalue weighted by Gasteiger charge is -2.36. The fourth-order valence-electron chi connectivity index (χ4n) is 3.84. The number of aromatic hydroxyl groups is 1. The van der Waals surface area contributed by atoms with Crippen LogP contribution in [-0.2, 0) is 6.42 Å². The van der Waals surface area contributed by atoms with Gasteiger partial charge in [0.15, 0.2) is 5.82 Å². The van der Waals surface area contributed by atoms with Gasteiger partial charge in [-0.1, -0.05) is 36.4 Å². The van der Waals surface area contributed by atoms with Crippen LogP contribution in [0.15, 0.2) is 67.3 Å². The van der Waals surface area contributed by atoms with Crippen molar-refractivity contribution in [2.75, 3.05) is 18.1 Å². The Labute approximate surface area is 173 Å². The molecule has 0 amide bonds. The standard InChI is InChI=1S/C22H20N6O2/c29-13-19-18-7-2-1-4-15(18)8-10-28(19)22-25-20(16-5-3-6-17(30)12-16)24-21(26-22)27-11-9-23-14-27/h1-7,9,11-12,14,19,29-30H,8,10,13H2. The van der Waals surface area contributed by atoms with E-state index < -0.39 is 0 Å². The maximum absolute atomic E-state index is 10.2. The third kappa shape index (κ3) is 3.27. The Balaban J connectivity index is 1.64. The minimum Gasteiger partial charge on any atom is -0.508 e. The molecule has 1 unspecified atom stereocenters. The van der Waals surface area contributed by atoms with Crippen LogP contribution in [0.5, 0.6) is 5.75 Å². The predicted octanol–water partition coefficient (Wildman–Crippen LogP) is 2.53. The van der Waals surface area contributed by atoms with Crippen LogP contribution in [0.1, 0.15) is 17.2 Å². The third-order valence-electron chi connectivity index (χ3n) is 5.29. The van der Waals surface area contributed by atoms with Crippen LogP contribution >= 0.6 is 0 Å². The van der Waals surface area contributed by atoms with Gasteiger partial charge >= 0.3 is 0 Å². The van der Waals surface area contributed by atoms with Gasteiger partial charge in [-0.2, -0.15) is 15.0 Å². The number of anilines is 1. The summed E-state index contributed by atoms with van der Waals surface area (Å²) < 4.78 is 1.71. The summed E-state index contributed by atoms with van der Waals surface area (Å²) in [6.45, 7) is 0.625. The molecule has 0 radical (unpaired) electrons. The second-order valence-electron chi connectivity index (χ2n) is 7.12. The number of imidazole rings is 1. The van der Waals surface area contributed by atoms with Crippen LogP contribution in [0.4, 0.5) is 5.95 Å². The molecule has 150 valence electrons. The van der Waals surface area contributed by atoms with E-state index in [1.54, 1.807) is 41.5 Å². The molecule has 0 fully saturated rings. The number of phenolic OH excluding ortho intramolecular Hbond substituents is 1. The monoisotopic (exact) mass is 400 g/mol. The highest BCUT2D eigenvalue weighted by Crippen LogP contribution is 2.33. The summed E-state index contributed by atoms with van der Waals surface area (Å²) in [5.41, 5.74) is 2.98. The molecule has 0 saturated carbocycles. The van der Waals surface area contributed by atoms with Crippen LogP contribution < -0.4 is 4.90 Å². The molecule has 3 heterocycles. The van der Waals surface area contributed by atoms with Crippen LogP contribution in [-0.4, -0.2) is 47.9 Å². The van der Waals surface area contributed by atoms with E-state index in [2.05, 4.69) is 21.0 Å². The molecule has 1 aliphatic rings. The SMILES string of the molecule is OCC1c2ccccc2CCN1c1nc(-c2cccc(O)c2)nc(-n2ccnc2)n1. The molecule has 2 N–H and O–H groups in total. The molecule has 0 spiro atoms. The van der Waals surface area contributed by atoms with Crippen molar-refractivity contribution in [2.24, 2.45) is 0 Å². The van der Waals surface area contributed by atoms with Crippen molar-refractivity contribution in [3.05, 3.63) is 78.4 Å². The van der Waals surface area contributed by atoms with Crippen molar-refractivity contribution in [1.29, 1.82) is 0 Å². The van der Waals surface area contributed by atoms with Gasteiger partial charge in [0.25, 0.3) is 0 Å². The minimum absolute atomic E-state index is 0.0510. The maximum Gasteiger partial charge on any atom is 0.240 e. The lowest BCUT2D eigenvalue weighted by atomic mass is 9.93. The summed E-state index contributed by atoms with van der Waals surface area (Å²) in [7, 11) is 0. The second-order valence-corrected chi connectivity index (χ2v) is 7.12. The lowest BCUT2D eigenvalue weighted by molar-refractivity contribution is 0.256. The van der Waals surface area contributed by atoms with Gasteiger partial charge in [0, 0.05) is 24.5 Å². The first-order valence-corrected chi connectivity index (χ1v) is 9.72. The van der Waals surface area contributed by atoms with E-state index >= 15 is 0 Å². The van der Waals surface area contributed by atoms with Crippen molar-refractivity contribution in [3.8, 4) is 23.1 Å². The number of aliphatic hydroxyl groups is 1. The van der Waals surface area contributed by atoms with E-state index in [4.69, 9.17) is 4.98 Å². The first-order valence-electron chi connectivity index (χ1n) is 9.72. The summed E-state index contributed by atoms with van der Waals surface area (Å²) >= 11 is 0. The average molecular weight is 400 g/mol. The Morgan fingerprint density at radius 1 is 1.00 bits per heavy atom. The molecule has 4 aromatic rings. The Kier molecular flexibility index (Phi) is 4.61. The molecule has 8 heteroatoms. The predicted molar refractivity (Wildman–Crippen MR) is 111 cm³/mol. The molecule has 0 saturated heterocycles. The highest BCUT2D eigenvalue weighted by molar-refractivity contribution is 5.60. The Hall–Kier alpha value is -3.78. The van der Waals surface area contributed by atoms with Crippen LogP contribution in [0, 0.1) is 0 Å². The number of aromatic nitrogens is 5. The molecule has 30 heavy (non-hydrogen) atoms. The smallest absolute Gasteiger partial charge is 0.240 e. The average Bonchev–Trinajstić information content (AvgIpc) is 3.33. The summed E-state index contributed by atoms with van der Waals surface area (Å²) in [5, 5.41) is 20.1. The van der Waals surface area contributed by atoms with Gasteiger partial charge in [-0.05, 0) is 29.7 Å². The van der Waals surface area contributed by atoms with Crippen LogP contribution in [0.25, 0.3) is 17.3 Å². The molecule has 5 rings (SSSR count). The number of hydrogen-bond acceptors (Lipinski definition) is 7. The van der Waals surface area contributed by atoms with Gasteiger partial charge in [0.2, 0.25) is 11.9 Å². The van der Waals surface area contributed by atoms with Gasteiger partial charge in [-0.25, -0.2) is 4.98 Å². The normalized spacial score (nSPS) is 15.8. The minimum atomic E-state index is -0.245. The largest absolute Gasteiger partial charge is 0.508 e. The number of rotatable bonds is 4. The van der Waals surface area contributed by atoms with Crippen molar-refractivity contribution in [2.45, 2.75) is 12.5 Å². The van der Waals surface area contributed by atoms with E-state index in [1.807, 2.05) is 29.2 Å². The topological polar surface area (TPSA) is 100 Å². The third-order valence-corrected chi connectivity index (χ3v) is 5.29. The summed E-state index contributed by atoms with van der Waals surface area (Å²) in [6, 6.07) is 14.7. The fourth-order valence-corrected chi connectivity index (χ4v) is 3.84. The van der Waals surface area contributed by atoms with E-state index in [0.717, 1.165) is 12.0 Å². The zero-order valence-electron chi connectivity index (χ0n) is 16.1. The van der Waals surface area contributed by atoms with Crippen molar-refractivity contribution in [1.82, 2.24) is 24.5 Å². The number of hydrogen-bond donors (Lipinski definition) is 2. The quantitative estimate of drug-likeness (QED) is 0.543. The number of fused-ring (bicyclic) bond motifs is 1. The fraction of sp³-hybridized carbons (Fsp3) is 0.182. The zero-order valence-corrected chi connectivity index (χ0v) is 16.1. The van der Waals surface area contributed by atoms with Crippen molar-refractivity contribution < 1.29 is 10.2 Å². The molecule has 2 aromatic carbocycles. The van der Waals surface area contributed by atoms with Crippen LogP contribution in [0.2, 0.25) is 0 Å². The van der Waals surface area contributed by atoms with E-state index in [1.165, 1.54) is 5.56 Å². The number of nitrogens with zero attached hydrogens (tertiary/aromatic N) is 6. The Morgan fingerprint density at radius 2 is 1.87 bits per heavy atom.